The van der Waals surface area contributed by atoms with Crippen LogP contribution in [0.5, 0.6) is 11.5 Å². The Balaban J connectivity index is 1.41. The second-order valence-electron chi connectivity index (χ2n) is 8.42. The third-order valence-corrected chi connectivity index (χ3v) is 9.21. The van der Waals surface area contributed by atoms with Gasteiger partial charge in [0.1, 0.15) is 17.5 Å². The van der Waals surface area contributed by atoms with Gasteiger partial charge < -0.3 is 19.7 Å². The number of esters is 1. The van der Waals surface area contributed by atoms with Crippen molar-refractivity contribution in [1.82, 2.24) is 10.2 Å². The Kier molecular flexibility index (Phi) is 5.81. The molecule has 7 nitrogen and oxygen atoms in total. The molecule has 9 heteroatoms. The molecule has 4 rings (SSSR count). The lowest BCUT2D eigenvalue weighted by Crippen LogP contribution is -2.46. The van der Waals surface area contributed by atoms with Crippen LogP contribution in [-0.2, 0) is 14.3 Å². The molecule has 0 bridgehead atoms. The second-order valence-corrected chi connectivity index (χ2v) is 14.6. The van der Waals surface area contributed by atoms with E-state index >= 15 is 0 Å². The minimum Gasteiger partial charge on any atom is -0.467 e. The monoisotopic (exact) mass is 456 g/mol. The molecule has 1 N–H and O–H groups in total. The highest BCUT2D eigenvalue weighted by Gasteiger charge is 2.45. The topological polar surface area (TPSA) is 84.9 Å². The summed E-state index contributed by atoms with van der Waals surface area (Å²) in [5, 5.41) is 2.68. The van der Waals surface area contributed by atoms with Crippen molar-refractivity contribution in [1.29, 1.82) is 0 Å². The molecule has 1 saturated heterocycles. The zero-order valence-electron chi connectivity index (χ0n) is 17.6. The van der Waals surface area contributed by atoms with E-state index in [4.69, 9.17) is 9.47 Å². The number of fused-ring (bicyclic) bond motifs is 2. The fourth-order valence-electron chi connectivity index (χ4n) is 3.91. The number of hydrogen-bond acceptors (Lipinski definition) is 6. The van der Waals surface area contributed by atoms with E-state index in [0.717, 1.165) is 15.5 Å². The molecular formula is C22H24N2O5SSi. The largest absolute Gasteiger partial charge is 0.467 e. The first-order valence-corrected chi connectivity index (χ1v) is 14.2. The van der Waals surface area contributed by atoms with Crippen LogP contribution in [0, 0.1) is 0 Å². The van der Waals surface area contributed by atoms with Crippen LogP contribution in [0.1, 0.15) is 10.4 Å². The van der Waals surface area contributed by atoms with E-state index in [-0.39, 0.29) is 18.4 Å². The van der Waals surface area contributed by atoms with Gasteiger partial charge in [0.15, 0.2) is 0 Å². The summed E-state index contributed by atoms with van der Waals surface area (Å²) in [4.78, 5) is 41.0. The fraction of sp³-hybridized carbons (Fsp3) is 0.318. The molecule has 2 aliphatic rings. The summed E-state index contributed by atoms with van der Waals surface area (Å²) in [6.07, 6.45) is 0.574. The lowest BCUT2D eigenvalue weighted by Gasteiger charge is -2.23. The molecule has 2 amide bonds. The normalized spacial score (nSPS) is 18.4. The van der Waals surface area contributed by atoms with Crippen molar-refractivity contribution in [2.45, 2.75) is 35.0 Å². The third kappa shape index (κ3) is 4.47. The number of benzene rings is 2. The molecule has 0 saturated carbocycles. The summed E-state index contributed by atoms with van der Waals surface area (Å²) in [5.74, 6) is 0.319. The molecule has 0 aliphatic carbocycles. The van der Waals surface area contributed by atoms with Gasteiger partial charge in [-0.1, -0.05) is 37.0 Å². The highest BCUT2D eigenvalue weighted by Crippen LogP contribution is 2.46. The van der Waals surface area contributed by atoms with Gasteiger partial charge in [-0.3, -0.25) is 9.59 Å². The van der Waals surface area contributed by atoms with Crippen molar-refractivity contribution in [3.8, 4) is 11.5 Å². The van der Waals surface area contributed by atoms with Gasteiger partial charge in [0.2, 0.25) is 5.91 Å². The van der Waals surface area contributed by atoms with Gasteiger partial charge in [-0.15, -0.1) is 0 Å². The van der Waals surface area contributed by atoms with Crippen LogP contribution >= 0.6 is 11.8 Å². The number of para-hydroxylation sites is 1. The first-order chi connectivity index (χ1) is 14.8. The second kappa shape index (κ2) is 8.39. The highest BCUT2D eigenvalue weighted by molar-refractivity contribution is 7.99. The van der Waals surface area contributed by atoms with Crippen LogP contribution in [-0.4, -0.2) is 56.6 Å². The Labute approximate surface area is 186 Å². The van der Waals surface area contributed by atoms with Gasteiger partial charge in [0, 0.05) is 11.7 Å². The lowest BCUT2D eigenvalue weighted by molar-refractivity contribution is -0.150. The Morgan fingerprint density at radius 1 is 1.16 bits per heavy atom. The van der Waals surface area contributed by atoms with Gasteiger partial charge in [-0.05, 0) is 36.4 Å². The zero-order valence-corrected chi connectivity index (χ0v) is 19.5. The van der Waals surface area contributed by atoms with Crippen LogP contribution in [0.15, 0.2) is 52.3 Å². The van der Waals surface area contributed by atoms with Gasteiger partial charge in [-0.2, -0.15) is 0 Å². The number of methoxy groups -OCH3 is 1. The number of carbonyl (C=O) groups excluding carboxylic acids is 3. The Hall–Kier alpha value is -2.78. The number of nitrogens with zero attached hydrogens (tertiary/aromatic N) is 1. The summed E-state index contributed by atoms with van der Waals surface area (Å²) in [6, 6.07) is 13.1. The average molecular weight is 457 g/mol. The highest BCUT2D eigenvalue weighted by atomic mass is 32.2. The number of ether oxygens (including phenoxy) is 2. The van der Waals surface area contributed by atoms with Crippen molar-refractivity contribution in [2.75, 3.05) is 19.8 Å². The molecule has 1 atom stereocenters. The average Bonchev–Trinajstić information content (AvgIpc) is 3.10. The van der Waals surface area contributed by atoms with E-state index in [2.05, 4.69) is 18.4 Å². The summed E-state index contributed by atoms with van der Waals surface area (Å²) >= 11 is 1.59. The van der Waals surface area contributed by atoms with Gasteiger partial charge in [0.05, 0.1) is 31.5 Å². The molecule has 0 aromatic heterocycles. The quantitative estimate of drug-likeness (QED) is 0.479. The van der Waals surface area contributed by atoms with Gasteiger partial charge in [-0.25, -0.2) is 4.79 Å². The lowest BCUT2D eigenvalue weighted by atomic mass is 10.2. The predicted molar refractivity (Wildman–Crippen MR) is 119 cm³/mol. The molecule has 31 heavy (non-hydrogen) atoms. The standard InChI is InChI=1S/C22H24N2O5SSi/c1-28-22(27)15-12-31(2,3)13-24(15)20(25)11-23-21(26)14-8-9-19-17(10-14)29-16-6-4-5-7-18(16)30-19/h4-10,15H,11-13H2,1-3H3,(H,23,26)/t15-/m0/s1. The van der Waals surface area contributed by atoms with Crippen molar-refractivity contribution < 1.29 is 23.9 Å². The molecule has 162 valence electrons. The molecule has 2 aromatic carbocycles. The molecule has 2 heterocycles. The number of carbonyl (C=O) groups is 3. The zero-order chi connectivity index (χ0) is 22.2. The molecule has 2 aromatic rings. The van der Waals surface area contributed by atoms with Crippen molar-refractivity contribution in [2.24, 2.45) is 0 Å². The first kappa shape index (κ1) is 21.4. The van der Waals surface area contributed by atoms with Gasteiger partial charge in [0.25, 0.3) is 5.91 Å². The number of rotatable bonds is 4. The molecule has 2 aliphatic heterocycles. The Morgan fingerprint density at radius 3 is 2.68 bits per heavy atom. The fourth-order valence-corrected chi connectivity index (χ4v) is 7.72. The Morgan fingerprint density at radius 2 is 1.90 bits per heavy atom. The van der Waals surface area contributed by atoms with Crippen molar-refractivity contribution >= 4 is 37.6 Å². The summed E-state index contributed by atoms with van der Waals surface area (Å²) in [5.41, 5.74) is 0.409. The first-order valence-electron chi connectivity index (χ1n) is 10.0. The molecule has 0 spiro atoms. The summed E-state index contributed by atoms with van der Waals surface area (Å²) in [7, 11) is -0.373. The van der Waals surface area contributed by atoms with E-state index in [1.807, 2.05) is 30.3 Å². The van der Waals surface area contributed by atoms with Crippen LogP contribution < -0.4 is 10.1 Å². The predicted octanol–water partition coefficient (Wildman–Crippen LogP) is 3.30. The van der Waals surface area contributed by atoms with Crippen LogP contribution in [0.4, 0.5) is 0 Å². The molecule has 0 unspecified atom stereocenters. The summed E-state index contributed by atoms with van der Waals surface area (Å²) in [6.45, 7) is 4.10. The van der Waals surface area contributed by atoms with Crippen LogP contribution in [0.2, 0.25) is 19.1 Å². The van der Waals surface area contributed by atoms with Crippen LogP contribution in [0.3, 0.4) is 0 Å². The van der Waals surface area contributed by atoms with E-state index in [0.29, 0.717) is 23.5 Å². The SMILES string of the molecule is COC(=O)[C@@H]1C[Si](C)(C)CN1C(=O)CNC(=O)c1ccc2c(c1)Oc1ccccc1S2. The molecule has 1 fully saturated rings. The van der Waals surface area contributed by atoms with Gasteiger partial charge >= 0.3 is 5.97 Å². The maximum Gasteiger partial charge on any atom is 0.328 e. The number of amides is 2. The van der Waals surface area contributed by atoms with Crippen LogP contribution in [0.25, 0.3) is 0 Å². The minimum atomic E-state index is -1.70. The van der Waals surface area contributed by atoms with E-state index < -0.39 is 20.1 Å². The third-order valence-electron chi connectivity index (χ3n) is 5.41. The summed E-state index contributed by atoms with van der Waals surface area (Å²) < 4.78 is 10.8. The van der Waals surface area contributed by atoms with Crippen molar-refractivity contribution in [3.05, 3.63) is 48.0 Å². The molecule has 0 radical (unpaired) electrons. The van der Waals surface area contributed by atoms with E-state index in [1.165, 1.54) is 7.11 Å². The smallest absolute Gasteiger partial charge is 0.328 e. The Bertz CT molecular complexity index is 1060. The number of nitrogens with one attached hydrogen (secondary N) is 1. The number of hydrogen-bond donors (Lipinski definition) is 1. The van der Waals surface area contributed by atoms with E-state index in [1.54, 1.807) is 28.8 Å². The maximum absolute atomic E-state index is 12.8. The minimum absolute atomic E-state index is 0.174. The maximum atomic E-state index is 12.8. The molecular weight excluding hydrogens is 432 g/mol. The van der Waals surface area contributed by atoms with Crippen molar-refractivity contribution in [3.63, 3.8) is 0 Å². The van der Waals surface area contributed by atoms with E-state index in [9.17, 15) is 14.4 Å².